The summed E-state index contributed by atoms with van der Waals surface area (Å²) in [5, 5.41) is 12.1. The molecule has 0 amide bonds. The molecule has 238 valence electrons. The van der Waals surface area contributed by atoms with Crippen LogP contribution in [-0.4, -0.2) is 62.2 Å². The molecule has 1 aromatic heterocycles. The van der Waals surface area contributed by atoms with Gasteiger partial charge in [0.05, 0.1) is 17.6 Å². The lowest BCUT2D eigenvalue weighted by atomic mass is 9.92. The lowest BCUT2D eigenvalue weighted by molar-refractivity contribution is 0.200. The first-order valence-corrected chi connectivity index (χ1v) is 17.0. The van der Waals surface area contributed by atoms with E-state index in [4.69, 9.17) is 9.98 Å². The lowest BCUT2D eigenvalue weighted by Gasteiger charge is -2.37. The molecule has 4 aliphatic rings. The number of nitrogens with zero attached hydrogens (tertiary/aromatic N) is 7. The number of unbranched alkanes of at least 4 members (excludes halogenated alkanes) is 1. The average Bonchev–Trinajstić information content (AvgIpc) is 3.53. The Labute approximate surface area is 263 Å². The van der Waals surface area contributed by atoms with E-state index < -0.39 is 0 Å². The van der Waals surface area contributed by atoms with Crippen LogP contribution in [0.15, 0.2) is 29.5 Å². The first kappa shape index (κ1) is 32.1. The number of rotatable bonds is 11. The van der Waals surface area contributed by atoms with Gasteiger partial charge in [-0.05, 0) is 69.1 Å². The Morgan fingerprint density at radius 2 is 1.80 bits per heavy atom. The summed E-state index contributed by atoms with van der Waals surface area (Å²) in [4.78, 5) is 24.0. The highest BCUT2D eigenvalue weighted by Gasteiger charge is 2.24. The molecule has 3 aliphatic heterocycles. The maximum atomic E-state index is 10.5. The first-order chi connectivity index (χ1) is 21.2. The highest BCUT2D eigenvalue weighted by molar-refractivity contribution is 5.62. The van der Waals surface area contributed by atoms with Crippen molar-refractivity contribution in [2.45, 2.75) is 98.4 Å². The van der Waals surface area contributed by atoms with Crippen LogP contribution < -0.4 is 21.1 Å². The molecule has 1 saturated heterocycles. The van der Waals surface area contributed by atoms with Gasteiger partial charge in [-0.25, -0.2) is 9.97 Å². The molecule has 0 aromatic carbocycles. The van der Waals surface area contributed by atoms with Gasteiger partial charge < -0.3 is 14.6 Å². The lowest BCUT2D eigenvalue weighted by Crippen LogP contribution is -2.47. The van der Waals surface area contributed by atoms with Gasteiger partial charge in [0.1, 0.15) is 5.82 Å². The quantitative estimate of drug-likeness (QED) is 0.296. The Bertz CT molecular complexity index is 1530. The number of pyridine rings is 2. The van der Waals surface area contributed by atoms with E-state index in [-0.39, 0.29) is 5.76 Å². The van der Waals surface area contributed by atoms with Crippen LogP contribution in [-0.2, 0) is 0 Å². The van der Waals surface area contributed by atoms with Gasteiger partial charge >= 0.3 is 0 Å². The molecule has 8 heteroatoms. The molecule has 1 aromatic rings. The second kappa shape index (κ2) is 14.7. The van der Waals surface area contributed by atoms with E-state index in [1.165, 1.54) is 51.5 Å². The molecule has 2 fully saturated rings. The van der Waals surface area contributed by atoms with Gasteiger partial charge in [0.25, 0.3) is 5.62 Å². The minimum atomic E-state index is 0.276. The molecule has 1 aliphatic carbocycles. The van der Waals surface area contributed by atoms with Gasteiger partial charge in [-0.2, -0.15) is 9.98 Å². The number of aliphatic hydroxyl groups excluding tert-OH is 1. The van der Waals surface area contributed by atoms with Gasteiger partial charge in [0, 0.05) is 61.1 Å². The van der Waals surface area contributed by atoms with Crippen molar-refractivity contribution in [3.8, 4) is 11.4 Å². The summed E-state index contributed by atoms with van der Waals surface area (Å²) in [6, 6.07) is 4.41. The minimum Gasteiger partial charge on any atom is -0.512 e. The molecule has 0 bridgehead atoms. The van der Waals surface area contributed by atoms with Crippen molar-refractivity contribution in [3.63, 3.8) is 0 Å². The number of fused-ring (bicyclic) bond motifs is 1. The summed E-state index contributed by atoms with van der Waals surface area (Å²) in [5.41, 5.74) is 3.40. The predicted molar refractivity (Wildman–Crippen MR) is 181 cm³/mol. The topological polar surface area (TPSA) is 82.7 Å². The number of piperazine rings is 1. The fourth-order valence-electron chi connectivity index (χ4n) is 7.18. The van der Waals surface area contributed by atoms with E-state index in [0.29, 0.717) is 17.5 Å². The second-order valence-electron chi connectivity index (χ2n) is 13.5. The van der Waals surface area contributed by atoms with E-state index in [2.05, 4.69) is 57.8 Å². The molecular formula is C36H53N7O. The average molecular weight is 600 g/mol. The highest BCUT2D eigenvalue weighted by Crippen LogP contribution is 2.32. The summed E-state index contributed by atoms with van der Waals surface area (Å²) in [5.74, 6) is 3.31. The Balaban J connectivity index is 1.30. The number of aliphatic hydroxyl groups is 1. The summed E-state index contributed by atoms with van der Waals surface area (Å²) in [6.45, 7) is 20.6. The number of anilines is 1. The van der Waals surface area contributed by atoms with Crippen molar-refractivity contribution in [3.05, 3.63) is 46.3 Å². The third-order valence-corrected chi connectivity index (χ3v) is 9.71. The Morgan fingerprint density at radius 3 is 2.43 bits per heavy atom. The maximum Gasteiger partial charge on any atom is 0.253 e. The molecule has 1 atom stereocenters. The Kier molecular flexibility index (Phi) is 10.7. The van der Waals surface area contributed by atoms with E-state index in [1.54, 1.807) is 6.92 Å². The fraction of sp³-hybridized carbons (Fsp3) is 0.611. The van der Waals surface area contributed by atoms with Crippen molar-refractivity contribution in [1.29, 1.82) is 0 Å². The van der Waals surface area contributed by atoms with Crippen molar-refractivity contribution < 1.29 is 5.11 Å². The normalized spacial score (nSPS) is 18.5. The second-order valence-corrected chi connectivity index (χ2v) is 13.5. The first-order valence-electron chi connectivity index (χ1n) is 17.0. The zero-order valence-electron chi connectivity index (χ0n) is 27.7. The van der Waals surface area contributed by atoms with E-state index >= 15 is 0 Å². The van der Waals surface area contributed by atoms with Crippen LogP contribution in [0.25, 0.3) is 23.7 Å². The molecule has 0 radical (unpaired) electrons. The van der Waals surface area contributed by atoms with Gasteiger partial charge in [-0.15, -0.1) is 0 Å². The Morgan fingerprint density at radius 1 is 1.05 bits per heavy atom. The van der Waals surface area contributed by atoms with Crippen LogP contribution >= 0.6 is 0 Å². The summed E-state index contributed by atoms with van der Waals surface area (Å²) < 4.78 is 2.21. The molecule has 1 N–H and O–H groups in total. The van der Waals surface area contributed by atoms with Crippen molar-refractivity contribution >= 4 is 23.8 Å². The van der Waals surface area contributed by atoms with E-state index in [1.807, 2.05) is 25.4 Å². The molecule has 5 rings (SSSR count). The van der Waals surface area contributed by atoms with Gasteiger partial charge in [0.2, 0.25) is 0 Å². The number of hydrogen-bond acceptors (Lipinski definition) is 7. The zero-order chi connectivity index (χ0) is 31.2. The van der Waals surface area contributed by atoms with Gasteiger partial charge in [-0.1, -0.05) is 59.5 Å². The van der Waals surface area contributed by atoms with E-state index in [0.717, 1.165) is 84.1 Å². The van der Waals surface area contributed by atoms with E-state index in [9.17, 15) is 5.11 Å². The molecule has 1 unspecified atom stereocenters. The van der Waals surface area contributed by atoms with Crippen molar-refractivity contribution in [2.24, 2.45) is 16.8 Å². The van der Waals surface area contributed by atoms with Gasteiger partial charge in [-0.3, -0.25) is 4.90 Å². The van der Waals surface area contributed by atoms with Crippen LogP contribution in [0.2, 0.25) is 0 Å². The highest BCUT2D eigenvalue weighted by atomic mass is 16.3. The van der Waals surface area contributed by atoms with Crippen LogP contribution in [0, 0.1) is 18.8 Å². The number of aromatic nitrogens is 4. The van der Waals surface area contributed by atoms with Gasteiger partial charge in [0.15, 0.2) is 5.82 Å². The third-order valence-electron chi connectivity index (χ3n) is 9.71. The van der Waals surface area contributed by atoms with Crippen molar-refractivity contribution in [1.82, 2.24) is 24.4 Å². The predicted octanol–water partition coefficient (Wildman–Crippen LogP) is 5.89. The summed E-state index contributed by atoms with van der Waals surface area (Å²) >= 11 is 0. The molecule has 4 heterocycles. The van der Waals surface area contributed by atoms with Crippen LogP contribution in [0.1, 0.15) is 97.1 Å². The monoisotopic (exact) mass is 599 g/mol. The summed E-state index contributed by atoms with van der Waals surface area (Å²) in [6.07, 6.45) is 15.0. The standard InChI is InChI=1S/C36H53N7O/c1-7-8-11-29(15-14-25(2)3)24-41-18-20-42(21-19-41)31-16-17-33(37-22-31)39-36-38-23-32-26(4)34(28(6)44)27(5)43(35(32)40-36)30-12-9-10-13-30/h16-17,22-23,25,29-30,44H,5,7-15,18-21,24H2,1-4,6H3/b34-28+,39-36?. The smallest absolute Gasteiger partial charge is 0.253 e. The molecule has 0 spiro atoms. The SMILES string of the molecule is C=c1/c(=C(\C)O)c(C)c2cnc(=Nc3ccc(N4CCN(CC(CCCC)CCC(C)C)CC4)cn3)nc-2n1C1CCCC1. The molecule has 44 heavy (non-hydrogen) atoms. The maximum absolute atomic E-state index is 10.5. The van der Waals surface area contributed by atoms with Crippen LogP contribution in [0.4, 0.5) is 11.5 Å². The Hall–Kier alpha value is -3.26. The minimum absolute atomic E-state index is 0.276. The largest absolute Gasteiger partial charge is 0.512 e. The number of hydrogen-bond donors (Lipinski definition) is 1. The third kappa shape index (κ3) is 7.51. The zero-order valence-corrected chi connectivity index (χ0v) is 27.7. The molecular weight excluding hydrogens is 546 g/mol. The molecule has 1 saturated carbocycles. The molecule has 8 nitrogen and oxygen atoms in total. The summed E-state index contributed by atoms with van der Waals surface area (Å²) in [7, 11) is 0. The van der Waals surface area contributed by atoms with Crippen LogP contribution in [0.5, 0.6) is 0 Å². The fourth-order valence-corrected chi connectivity index (χ4v) is 7.18. The van der Waals surface area contributed by atoms with Crippen molar-refractivity contribution in [2.75, 3.05) is 37.6 Å². The van der Waals surface area contributed by atoms with Crippen LogP contribution in [0.3, 0.4) is 0 Å².